The first-order valence-electron chi connectivity index (χ1n) is 7.98. The van der Waals surface area contributed by atoms with E-state index >= 15 is 0 Å². The summed E-state index contributed by atoms with van der Waals surface area (Å²) in [5.41, 5.74) is 0.941. The van der Waals surface area contributed by atoms with Gasteiger partial charge in [0.05, 0.1) is 13.1 Å². The van der Waals surface area contributed by atoms with E-state index in [9.17, 15) is 9.59 Å². The Morgan fingerprint density at radius 1 is 1.09 bits per heavy atom. The molecular formula is C18H29N3O2. The van der Waals surface area contributed by atoms with E-state index in [1.54, 1.807) is 11.9 Å². The van der Waals surface area contributed by atoms with Gasteiger partial charge in [0, 0.05) is 12.1 Å². The molecule has 0 bridgehead atoms. The number of rotatable bonds is 7. The highest BCUT2D eigenvalue weighted by Gasteiger charge is 2.16. The summed E-state index contributed by atoms with van der Waals surface area (Å²) in [5.74, 6) is 0.110. The number of carbonyl (C=O) groups is 2. The highest BCUT2D eigenvalue weighted by Crippen LogP contribution is 2.12. The summed E-state index contributed by atoms with van der Waals surface area (Å²) in [4.78, 5) is 25.5. The van der Waals surface area contributed by atoms with Crippen molar-refractivity contribution >= 4 is 11.8 Å². The standard InChI is InChI=1S/C18H29N3O2/c1-14(15-9-7-6-8-10-15)11-19-16(22)12-21(5)13-17(23)20-18(2,3)4/h6-10,14H,11-13H2,1-5H3,(H,19,22)(H,20,23)/t14-/m1/s1. The summed E-state index contributed by atoms with van der Waals surface area (Å²) in [5, 5.41) is 5.80. The van der Waals surface area contributed by atoms with Gasteiger partial charge in [-0.05, 0) is 39.3 Å². The lowest BCUT2D eigenvalue weighted by molar-refractivity contribution is -0.125. The molecule has 1 aromatic rings. The van der Waals surface area contributed by atoms with Crippen molar-refractivity contribution in [3.8, 4) is 0 Å². The molecule has 23 heavy (non-hydrogen) atoms. The highest BCUT2D eigenvalue weighted by molar-refractivity contribution is 5.81. The van der Waals surface area contributed by atoms with E-state index in [0.29, 0.717) is 6.54 Å². The zero-order valence-corrected chi connectivity index (χ0v) is 14.8. The summed E-state index contributed by atoms with van der Waals surface area (Å²) in [7, 11) is 1.77. The van der Waals surface area contributed by atoms with Gasteiger partial charge in [0.15, 0.2) is 0 Å². The number of carbonyl (C=O) groups excluding carboxylic acids is 2. The summed E-state index contributed by atoms with van der Waals surface area (Å²) in [6.45, 7) is 8.88. The molecule has 0 fully saturated rings. The maximum atomic E-state index is 12.0. The Morgan fingerprint density at radius 3 is 2.22 bits per heavy atom. The van der Waals surface area contributed by atoms with Crippen LogP contribution in [0, 0.1) is 0 Å². The van der Waals surface area contributed by atoms with Crippen molar-refractivity contribution in [3.05, 3.63) is 35.9 Å². The summed E-state index contributed by atoms with van der Waals surface area (Å²) < 4.78 is 0. The molecule has 0 aliphatic heterocycles. The van der Waals surface area contributed by atoms with Crippen LogP contribution in [-0.2, 0) is 9.59 Å². The average Bonchev–Trinajstić information content (AvgIpc) is 2.43. The van der Waals surface area contributed by atoms with Gasteiger partial charge in [0.1, 0.15) is 0 Å². The molecule has 0 aliphatic rings. The molecule has 0 aliphatic carbocycles. The van der Waals surface area contributed by atoms with Crippen molar-refractivity contribution < 1.29 is 9.59 Å². The van der Waals surface area contributed by atoms with Crippen molar-refractivity contribution in [2.75, 3.05) is 26.7 Å². The van der Waals surface area contributed by atoms with E-state index < -0.39 is 0 Å². The minimum Gasteiger partial charge on any atom is -0.354 e. The number of benzene rings is 1. The molecule has 1 atom stereocenters. The molecule has 0 saturated heterocycles. The van der Waals surface area contributed by atoms with Crippen molar-refractivity contribution in [1.82, 2.24) is 15.5 Å². The molecule has 2 N–H and O–H groups in total. The van der Waals surface area contributed by atoms with E-state index in [1.165, 1.54) is 5.56 Å². The fourth-order valence-corrected chi connectivity index (χ4v) is 2.23. The van der Waals surface area contributed by atoms with Gasteiger partial charge in [-0.3, -0.25) is 14.5 Å². The highest BCUT2D eigenvalue weighted by atomic mass is 16.2. The van der Waals surface area contributed by atoms with Crippen LogP contribution in [0.15, 0.2) is 30.3 Å². The zero-order chi connectivity index (χ0) is 17.5. The van der Waals surface area contributed by atoms with Gasteiger partial charge in [-0.25, -0.2) is 0 Å². The third kappa shape index (κ3) is 8.35. The molecule has 5 heteroatoms. The van der Waals surface area contributed by atoms with Crippen LogP contribution in [0.5, 0.6) is 0 Å². The molecule has 0 saturated carbocycles. The zero-order valence-electron chi connectivity index (χ0n) is 14.8. The van der Waals surface area contributed by atoms with E-state index in [0.717, 1.165) is 0 Å². The van der Waals surface area contributed by atoms with Crippen LogP contribution in [-0.4, -0.2) is 48.9 Å². The lowest BCUT2D eigenvalue weighted by Gasteiger charge is -2.23. The van der Waals surface area contributed by atoms with Crippen molar-refractivity contribution in [3.63, 3.8) is 0 Å². The molecule has 1 rings (SSSR count). The van der Waals surface area contributed by atoms with Crippen LogP contribution in [0.2, 0.25) is 0 Å². The fraction of sp³-hybridized carbons (Fsp3) is 0.556. The Morgan fingerprint density at radius 2 is 1.65 bits per heavy atom. The Hall–Kier alpha value is -1.88. The smallest absolute Gasteiger partial charge is 0.234 e. The van der Waals surface area contributed by atoms with Crippen LogP contribution in [0.1, 0.15) is 39.2 Å². The fourth-order valence-electron chi connectivity index (χ4n) is 2.23. The number of hydrogen-bond acceptors (Lipinski definition) is 3. The van der Waals surface area contributed by atoms with Gasteiger partial charge in [-0.1, -0.05) is 37.3 Å². The predicted octanol–water partition coefficient (Wildman–Crippen LogP) is 1.75. The number of nitrogens with one attached hydrogen (secondary N) is 2. The van der Waals surface area contributed by atoms with E-state index in [-0.39, 0.29) is 36.4 Å². The van der Waals surface area contributed by atoms with Crippen LogP contribution < -0.4 is 10.6 Å². The summed E-state index contributed by atoms with van der Waals surface area (Å²) in [6.07, 6.45) is 0. The molecular weight excluding hydrogens is 290 g/mol. The van der Waals surface area contributed by atoms with Crippen molar-refractivity contribution in [2.24, 2.45) is 0 Å². The second kappa shape index (κ2) is 8.67. The second-order valence-electron chi connectivity index (χ2n) is 7.09. The number of amides is 2. The molecule has 1 aromatic carbocycles. The second-order valence-corrected chi connectivity index (χ2v) is 7.09. The minimum atomic E-state index is -0.259. The molecule has 0 unspecified atom stereocenters. The molecule has 5 nitrogen and oxygen atoms in total. The van der Waals surface area contributed by atoms with Gasteiger partial charge in [-0.2, -0.15) is 0 Å². The quantitative estimate of drug-likeness (QED) is 0.805. The third-order valence-corrected chi connectivity index (χ3v) is 3.32. The molecule has 128 valence electrons. The normalized spacial score (nSPS) is 12.8. The van der Waals surface area contributed by atoms with Crippen LogP contribution in [0.4, 0.5) is 0 Å². The Bertz CT molecular complexity index is 509. The van der Waals surface area contributed by atoms with Gasteiger partial charge in [-0.15, -0.1) is 0 Å². The molecule has 0 spiro atoms. The molecule has 0 heterocycles. The Balaban J connectivity index is 2.32. The third-order valence-electron chi connectivity index (χ3n) is 3.32. The number of likely N-dealkylation sites (N-methyl/N-ethyl adjacent to an activating group) is 1. The lowest BCUT2D eigenvalue weighted by Crippen LogP contribution is -2.47. The predicted molar refractivity (Wildman–Crippen MR) is 93.3 cm³/mol. The van der Waals surface area contributed by atoms with Crippen molar-refractivity contribution in [1.29, 1.82) is 0 Å². The first-order chi connectivity index (χ1) is 10.7. The summed E-state index contributed by atoms with van der Waals surface area (Å²) >= 11 is 0. The minimum absolute atomic E-state index is 0.0705. The number of hydrogen-bond donors (Lipinski definition) is 2. The SMILES string of the molecule is C[C@H](CNC(=O)CN(C)CC(=O)NC(C)(C)C)c1ccccc1. The van der Waals surface area contributed by atoms with Gasteiger partial charge < -0.3 is 10.6 Å². The molecule has 0 radical (unpaired) electrons. The largest absolute Gasteiger partial charge is 0.354 e. The maximum absolute atomic E-state index is 12.0. The van der Waals surface area contributed by atoms with Crippen LogP contribution in [0.25, 0.3) is 0 Å². The van der Waals surface area contributed by atoms with Gasteiger partial charge >= 0.3 is 0 Å². The summed E-state index contributed by atoms with van der Waals surface area (Å²) in [6, 6.07) is 10.1. The molecule has 0 aromatic heterocycles. The average molecular weight is 319 g/mol. The first kappa shape index (κ1) is 19.2. The van der Waals surface area contributed by atoms with Crippen molar-refractivity contribution in [2.45, 2.75) is 39.2 Å². The topological polar surface area (TPSA) is 61.4 Å². The Kier molecular flexibility index (Phi) is 7.23. The van der Waals surface area contributed by atoms with E-state index in [2.05, 4.69) is 29.7 Å². The van der Waals surface area contributed by atoms with Gasteiger partial charge in [0.25, 0.3) is 0 Å². The monoisotopic (exact) mass is 319 g/mol. The van der Waals surface area contributed by atoms with Crippen LogP contribution in [0.3, 0.4) is 0 Å². The Labute approximate surface area is 139 Å². The first-order valence-corrected chi connectivity index (χ1v) is 7.98. The maximum Gasteiger partial charge on any atom is 0.234 e. The van der Waals surface area contributed by atoms with Crippen LogP contribution >= 0.6 is 0 Å². The van der Waals surface area contributed by atoms with Gasteiger partial charge in [0.2, 0.25) is 11.8 Å². The van der Waals surface area contributed by atoms with E-state index in [1.807, 2.05) is 39.0 Å². The number of nitrogens with zero attached hydrogens (tertiary/aromatic N) is 1. The lowest BCUT2D eigenvalue weighted by atomic mass is 10.0. The molecule has 2 amide bonds. The van der Waals surface area contributed by atoms with E-state index in [4.69, 9.17) is 0 Å².